The van der Waals surface area contributed by atoms with Crippen molar-refractivity contribution >= 4 is 22.4 Å². The van der Waals surface area contributed by atoms with Crippen LogP contribution in [-0.4, -0.2) is 10.9 Å². The number of rotatable bonds is 2. The molecule has 0 saturated heterocycles. The first kappa shape index (κ1) is 11.4. The number of fused-ring (bicyclic) bond motifs is 1. The summed E-state index contributed by atoms with van der Waals surface area (Å²) in [5.41, 5.74) is 1.45. The van der Waals surface area contributed by atoms with Crippen LogP contribution in [0.15, 0.2) is 67.0 Å². The van der Waals surface area contributed by atoms with E-state index in [4.69, 9.17) is 0 Å². The lowest BCUT2D eigenvalue weighted by atomic mass is 10.1. The fraction of sp³-hybridized carbons (Fsp3) is 0. The fourth-order valence-corrected chi connectivity index (χ4v) is 2.04. The Morgan fingerprint density at radius 3 is 2.63 bits per heavy atom. The minimum atomic E-state index is -0.108. The number of anilines is 1. The number of carbonyl (C=O) groups excluding carboxylic acids is 1. The number of pyridine rings is 1. The topological polar surface area (TPSA) is 42.0 Å². The molecule has 0 aliphatic rings. The summed E-state index contributed by atoms with van der Waals surface area (Å²) < 4.78 is 0. The van der Waals surface area contributed by atoms with Crippen molar-refractivity contribution in [1.29, 1.82) is 0 Å². The zero-order chi connectivity index (χ0) is 13.1. The first-order valence-electron chi connectivity index (χ1n) is 6.04. The number of hydrogen-bond acceptors (Lipinski definition) is 2. The Hall–Kier alpha value is -2.68. The molecule has 0 aliphatic carbocycles. The lowest BCUT2D eigenvalue weighted by Gasteiger charge is -2.07. The predicted molar refractivity (Wildman–Crippen MR) is 76.1 cm³/mol. The van der Waals surface area contributed by atoms with Gasteiger partial charge in [0.05, 0.1) is 0 Å². The minimum absolute atomic E-state index is 0.108. The summed E-state index contributed by atoms with van der Waals surface area (Å²) >= 11 is 0. The van der Waals surface area contributed by atoms with Crippen molar-refractivity contribution in [3.8, 4) is 0 Å². The maximum atomic E-state index is 12.3. The van der Waals surface area contributed by atoms with Crippen LogP contribution in [0.3, 0.4) is 0 Å². The minimum Gasteiger partial charge on any atom is -0.322 e. The average Bonchev–Trinajstić information content (AvgIpc) is 2.47. The Balaban J connectivity index is 1.98. The molecule has 92 valence electrons. The van der Waals surface area contributed by atoms with Crippen LogP contribution in [0.4, 0.5) is 5.69 Å². The monoisotopic (exact) mass is 248 g/mol. The largest absolute Gasteiger partial charge is 0.322 e. The molecule has 3 aromatic rings. The van der Waals surface area contributed by atoms with E-state index in [9.17, 15) is 4.79 Å². The van der Waals surface area contributed by atoms with Crippen molar-refractivity contribution in [2.45, 2.75) is 0 Å². The average molecular weight is 248 g/mol. The first-order valence-corrected chi connectivity index (χ1v) is 6.04. The molecule has 0 unspecified atom stereocenters. The van der Waals surface area contributed by atoms with Gasteiger partial charge in [0.15, 0.2) is 0 Å². The summed E-state index contributed by atoms with van der Waals surface area (Å²) in [4.78, 5) is 16.4. The molecule has 0 aliphatic heterocycles. The van der Waals surface area contributed by atoms with E-state index in [-0.39, 0.29) is 5.91 Å². The molecule has 0 bridgehead atoms. The van der Waals surface area contributed by atoms with Gasteiger partial charge in [-0.2, -0.15) is 0 Å². The summed E-state index contributed by atoms with van der Waals surface area (Å²) in [6, 6.07) is 16.9. The van der Waals surface area contributed by atoms with Gasteiger partial charge in [0.1, 0.15) is 0 Å². The van der Waals surface area contributed by atoms with Crippen molar-refractivity contribution in [1.82, 2.24) is 4.98 Å². The van der Waals surface area contributed by atoms with Crippen LogP contribution in [-0.2, 0) is 0 Å². The second-order valence-electron chi connectivity index (χ2n) is 4.22. The van der Waals surface area contributed by atoms with Gasteiger partial charge < -0.3 is 5.32 Å². The molecule has 3 nitrogen and oxygen atoms in total. The molecule has 0 atom stereocenters. The van der Waals surface area contributed by atoms with Gasteiger partial charge in [-0.05, 0) is 29.7 Å². The van der Waals surface area contributed by atoms with Gasteiger partial charge in [0, 0.05) is 29.0 Å². The fourth-order valence-electron chi connectivity index (χ4n) is 2.04. The summed E-state index contributed by atoms with van der Waals surface area (Å²) in [5.74, 6) is -0.108. The van der Waals surface area contributed by atoms with Crippen LogP contribution < -0.4 is 5.32 Å². The van der Waals surface area contributed by atoms with Gasteiger partial charge in [-0.1, -0.05) is 30.3 Å². The Kier molecular flexibility index (Phi) is 2.94. The lowest BCUT2D eigenvalue weighted by Crippen LogP contribution is -2.12. The van der Waals surface area contributed by atoms with Crippen molar-refractivity contribution in [3.63, 3.8) is 0 Å². The quantitative estimate of drug-likeness (QED) is 0.754. The molecule has 2 aromatic carbocycles. The molecule has 0 fully saturated rings. The van der Waals surface area contributed by atoms with E-state index in [2.05, 4.69) is 10.3 Å². The highest BCUT2D eigenvalue weighted by atomic mass is 16.1. The van der Waals surface area contributed by atoms with Crippen LogP contribution in [0, 0.1) is 0 Å². The zero-order valence-corrected chi connectivity index (χ0v) is 10.2. The number of aromatic nitrogens is 1. The highest BCUT2D eigenvalue weighted by molar-refractivity contribution is 6.12. The molecule has 3 heteroatoms. The first-order chi connectivity index (χ1) is 9.34. The summed E-state index contributed by atoms with van der Waals surface area (Å²) in [6.45, 7) is 0. The maximum absolute atomic E-state index is 12.3. The summed E-state index contributed by atoms with van der Waals surface area (Å²) in [5, 5.41) is 4.76. The van der Waals surface area contributed by atoms with Crippen LogP contribution in [0.25, 0.3) is 10.8 Å². The smallest absolute Gasteiger partial charge is 0.256 e. The van der Waals surface area contributed by atoms with E-state index in [1.807, 2.05) is 54.6 Å². The summed E-state index contributed by atoms with van der Waals surface area (Å²) in [7, 11) is 0. The molecule has 1 N–H and O–H groups in total. The van der Waals surface area contributed by atoms with Crippen molar-refractivity contribution in [2.24, 2.45) is 0 Å². The Morgan fingerprint density at radius 2 is 1.79 bits per heavy atom. The van der Waals surface area contributed by atoms with Crippen LogP contribution in [0.5, 0.6) is 0 Å². The molecular weight excluding hydrogens is 236 g/mol. The highest BCUT2D eigenvalue weighted by Crippen LogP contribution is 2.18. The standard InChI is InChI=1S/C16H12N2O/c19-16(18-13-6-2-1-3-7-13)15-8-4-5-12-11-17-10-9-14(12)15/h1-11H,(H,18,19). The van der Waals surface area contributed by atoms with Gasteiger partial charge >= 0.3 is 0 Å². The SMILES string of the molecule is O=C(Nc1ccccc1)c1cccc2cnccc12. The third kappa shape index (κ3) is 2.31. The zero-order valence-electron chi connectivity index (χ0n) is 10.2. The van der Waals surface area contributed by atoms with Gasteiger partial charge in [0.25, 0.3) is 5.91 Å². The Bertz CT molecular complexity index is 718. The molecule has 0 radical (unpaired) electrons. The molecule has 1 amide bonds. The number of nitrogens with zero attached hydrogens (tertiary/aromatic N) is 1. The van der Waals surface area contributed by atoms with E-state index < -0.39 is 0 Å². The lowest BCUT2D eigenvalue weighted by molar-refractivity contribution is 0.102. The number of carbonyl (C=O) groups is 1. The third-order valence-corrected chi connectivity index (χ3v) is 2.96. The van der Waals surface area contributed by atoms with Crippen LogP contribution in [0.2, 0.25) is 0 Å². The van der Waals surface area contributed by atoms with Gasteiger partial charge in [-0.15, -0.1) is 0 Å². The number of amides is 1. The van der Waals surface area contributed by atoms with E-state index in [0.29, 0.717) is 5.56 Å². The number of nitrogens with one attached hydrogen (secondary N) is 1. The van der Waals surface area contributed by atoms with Crippen molar-refractivity contribution in [3.05, 3.63) is 72.6 Å². The van der Waals surface area contributed by atoms with Crippen LogP contribution >= 0.6 is 0 Å². The highest BCUT2D eigenvalue weighted by Gasteiger charge is 2.09. The van der Waals surface area contributed by atoms with Crippen molar-refractivity contribution < 1.29 is 4.79 Å². The number of benzene rings is 2. The molecule has 0 spiro atoms. The molecule has 3 rings (SSSR count). The Morgan fingerprint density at radius 1 is 0.947 bits per heavy atom. The van der Waals surface area contributed by atoms with E-state index in [1.165, 1.54) is 0 Å². The van der Waals surface area contributed by atoms with Crippen molar-refractivity contribution in [2.75, 3.05) is 5.32 Å². The molecule has 19 heavy (non-hydrogen) atoms. The molecule has 0 saturated carbocycles. The van der Waals surface area contributed by atoms with Gasteiger partial charge in [-0.3, -0.25) is 9.78 Å². The molecular formula is C16H12N2O. The van der Waals surface area contributed by atoms with Gasteiger partial charge in [-0.25, -0.2) is 0 Å². The van der Waals surface area contributed by atoms with Crippen LogP contribution in [0.1, 0.15) is 10.4 Å². The second kappa shape index (κ2) is 4.90. The number of para-hydroxylation sites is 1. The Labute approximate surface area is 110 Å². The second-order valence-corrected chi connectivity index (χ2v) is 4.22. The molecule has 1 heterocycles. The maximum Gasteiger partial charge on any atom is 0.256 e. The van der Waals surface area contributed by atoms with Gasteiger partial charge in [0.2, 0.25) is 0 Å². The molecule has 1 aromatic heterocycles. The third-order valence-electron chi connectivity index (χ3n) is 2.96. The van der Waals surface area contributed by atoms with E-state index in [1.54, 1.807) is 12.4 Å². The summed E-state index contributed by atoms with van der Waals surface area (Å²) in [6.07, 6.45) is 3.45. The van der Waals surface area contributed by atoms with E-state index in [0.717, 1.165) is 16.5 Å². The predicted octanol–water partition coefficient (Wildman–Crippen LogP) is 3.49. The number of hydrogen-bond donors (Lipinski definition) is 1. The van der Waals surface area contributed by atoms with E-state index >= 15 is 0 Å². The normalized spacial score (nSPS) is 10.3.